The summed E-state index contributed by atoms with van der Waals surface area (Å²) in [6, 6.07) is 11.3. The Morgan fingerprint density at radius 1 is 1.37 bits per heavy atom. The van der Waals surface area contributed by atoms with Crippen LogP contribution in [0.2, 0.25) is 0 Å². The average molecular weight is 378 g/mol. The zero-order chi connectivity index (χ0) is 18.4. The second-order valence-corrected chi connectivity index (χ2v) is 8.68. The van der Waals surface area contributed by atoms with Gasteiger partial charge >= 0.3 is 0 Å². The predicted molar refractivity (Wildman–Crippen MR) is 111 cm³/mol. The number of hydrogen-bond donors (Lipinski definition) is 2. The molecule has 138 valence electrons. The lowest BCUT2D eigenvalue weighted by molar-refractivity contribution is 0.406. The van der Waals surface area contributed by atoms with Crippen molar-refractivity contribution in [2.75, 3.05) is 35.6 Å². The molecular weight excluding hydrogens is 354 g/mol. The number of piperidine rings is 1. The Morgan fingerprint density at radius 2 is 2.30 bits per heavy atom. The number of anilines is 3. The van der Waals surface area contributed by atoms with Gasteiger partial charge in [-0.2, -0.15) is 17.0 Å². The number of hydrogen-bond acceptors (Lipinski definition) is 6. The minimum Gasteiger partial charge on any atom is -0.367 e. The van der Waals surface area contributed by atoms with E-state index in [1.165, 1.54) is 29.0 Å². The van der Waals surface area contributed by atoms with E-state index in [1.807, 2.05) is 30.8 Å². The first-order valence-electron chi connectivity index (χ1n) is 9.61. The van der Waals surface area contributed by atoms with Crippen LogP contribution in [0, 0.1) is 18.3 Å². The predicted octanol–water partition coefficient (Wildman–Crippen LogP) is 3.52. The van der Waals surface area contributed by atoms with E-state index < -0.39 is 0 Å². The smallest absolute Gasteiger partial charge is 0.164 e. The molecule has 0 aliphatic carbocycles. The molecule has 3 aliphatic heterocycles. The van der Waals surface area contributed by atoms with Gasteiger partial charge < -0.3 is 15.5 Å². The van der Waals surface area contributed by atoms with Crippen LogP contribution in [0.4, 0.5) is 17.1 Å². The van der Waals surface area contributed by atoms with Crippen molar-refractivity contribution in [3.05, 3.63) is 46.8 Å². The molecule has 2 aromatic rings. The molecule has 1 aromatic carbocycles. The first kappa shape index (κ1) is 16.9. The highest BCUT2D eigenvalue weighted by molar-refractivity contribution is 7.98. The van der Waals surface area contributed by atoms with Crippen LogP contribution in [0.1, 0.15) is 34.9 Å². The first-order chi connectivity index (χ1) is 13.2. The number of nitriles is 1. The molecule has 27 heavy (non-hydrogen) atoms. The Labute approximate surface area is 164 Å². The number of aromatic nitrogens is 1. The molecule has 6 heteroatoms. The molecule has 0 unspecified atom stereocenters. The molecule has 0 spiro atoms. The zero-order valence-electron chi connectivity index (χ0n) is 15.5. The molecule has 0 bridgehead atoms. The van der Waals surface area contributed by atoms with E-state index in [2.05, 4.69) is 38.7 Å². The maximum absolute atomic E-state index is 9.44. The van der Waals surface area contributed by atoms with Crippen molar-refractivity contribution in [2.24, 2.45) is 0 Å². The molecule has 1 fully saturated rings. The van der Waals surface area contributed by atoms with E-state index in [-0.39, 0.29) is 0 Å². The van der Waals surface area contributed by atoms with Crippen molar-refractivity contribution in [1.82, 2.24) is 10.3 Å². The summed E-state index contributed by atoms with van der Waals surface area (Å²) in [5.41, 5.74) is 7.53. The highest BCUT2D eigenvalue weighted by atomic mass is 32.2. The van der Waals surface area contributed by atoms with Crippen molar-refractivity contribution >= 4 is 28.8 Å². The van der Waals surface area contributed by atoms with Crippen molar-refractivity contribution in [3.8, 4) is 6.07 Å². The van der Waals surface area contributed by atoms with Gasteiger partial charge in [0.05, 0.1) is 5.69 Å². The fourth-order valence-corrected chi connectivity index (χ4v) is 5.67. The number of nitrogens with zero attached hydrogens (tertiary/aromatic N) is 3. The average Bonchev–Trinajstić information content (AvgIpc) is 2.84. The second-order valence-electron chi connectivity index (χ2n) is 7.57. The highest BCUT2D eigenvalue weighted by Crippen LogP contribution is 2.48. The van der Waals surface area contributed by atoms with E-state index in [9.17, 15) is 5.26 Å². The quantitative estimate of drug-likeness (QED) is 0.835. The number of rotatable bonds is 2. The van der Waals surface area contributed by atoms with E-state index >= 15 is 0 Å². The van der Waals surface area contributed by atoms with Crippen LogP contribution >= 0.6 is 11.8 Å². The van der Waals surface area contributed by atoms with Crippen LogP contribution in [0.25, 0.3) is 0 Å². The van der Waals surface area contributed by atoms with Crippen molar-refractivity contribution in [2.45, 2.75) is 31.1 Å². The lowest BCUT2D eigenvalue weighted by atomic mass is 9.89. The third kappa shape index (κ3) is 2.86. The molecule has 5 rings (SSSR count). The van der Waals surface area contributed by atoms with Crippen LogP contribution in [-0.2, 0) is 5.75 Å². The topological polar surface area (TPSA) is 64.0 Å². The van der Waals surface area contributed by atoms with Gasteiger partial charge in [-0.25, -0.2) is 4.98 Å². The Morgan fingerprint density at radius 3 is 3.19 bits per heavy atom. The van der Waals surface area contributed by atoms with Crippen LogP contribution in [0.15, 0.2) is 24.3 Å². The molecule has 2 atom stereocenters. The largest absolute Gasteiger partial charge is 0.367 e. The van der Waals surface area contributed by atoms with Crippen molar-refractivity contribution in [1.29, 1.82) is 5.26 Å². The summed E-state index contributed by atoms with van der Waals surface area (Å²) < 4.78 is 0. The van der Waals surface area contributed by atoms with Gasteiger partial charge in [0.2, 0.25) is 0 Å². The molecule has 4 heterocycles. The molecule has 1 aromatic heterocycles. The zero-order valence-corrected chi connectivity index (χ0v) is 16.3. The van der Waals surface area contributed by atoms with Crippen LogP contribution in [0.5, 0.6) is 0 Å². The monoisotopic (exact) mass is 377 g/mol. The SMILES string of the molecule is Cc1ccc(Nc2cc3c4c(c2)[C@@H]2CNCC[C@@H]2N4CCSC3)c(C#N)n1. The van der Waals surface area contributed by atoms with Gasteiger partial charge in [0.15, 0.2) is 5.69 Å². The minimum atomic E-state index is 0.453. The molecule has 0 radical (unpaired) electrons. The lowest BCUT2D eigenvalue weighted by Crippen LogP contribution is -2.44. The van der Waals surface area contributed by atoms with E-state index in [0.29, 0.717) is 17.7 Å². The Bertz CT molecular complexity index is 935. The summed E-state index contributed by atoms with van der Waals surface area (Å²) >= 11 is 2.02. The third-order valence-corrected chi connectivity index (χ3v) is 6.89. The molecule has 0 amide bonds. The highest BCUT2D eigenvalue weighted by Gasteiger charge is 2.41. The molecule has 2 N–H and O–H groups in total. The normalized spacial score (nSPS) is 23.2. The fourth-order valence-electron chi connectivity index (χ4n) is 4.76. The maximum Gasteiger partial charge on any atom is 0.164 e. The molecule has 5 nitrogen and oxygen atoms in total. The lowest BCUT2D eigenvalue weighted by Gasteiger charge is -2.33. The van der Waals surface area contributed by atoms with Gasteiger partial charge in [0.1, 0.15) is 6.07 Å². The standard InChI is InChI=1S/C21H23N5S/c1-13-2-3-18(19(10-22)24-13)25-15-8-14-12-27-7-6-26-20-4-5-23-11-17(20)16(9-15)21(14)26/h2-3,8-9,17,20,23,25H,4-7,11-12H2,1H3/t17-,20-/m0/s1. The molecule has 1 saturated heterocycles. The van der Waals surface area contributed by atoms with Crippen LogP contribution in [0.3, 0.4) is 0 Å². The number of benzene rings is 1. The van der Waals surface area contributed by atoms with E-state index in [0.717, 1.165) is 42.5 Å². The van der Waals surface area contributed by atoms with Gasteiger partial charge in [-0.1, -0.05) is 0 Å². The van der Waals surface area contributed by atoms with E-state index in [4.69, 9.17) is 0 Å². The molecular formula is C21H23N5S. The van der Waals surface area contributed by atoms with Gasteiger partial charge in [-0.15, -0.1) is 0 Å². The minimum absolute atomic E-state index is 0.453. The summed E-state index contributed by atoms with van der Waals surface area (Å²) in [5, 5.41) is 16.5. The van der Waals surface area contributed by atoms with Gasteiger partial charge in [0, 0.05) is 53.6 Å². The Kier molecular flexibility index (Phi) is 4.22. The number of nitrogens with one attached hydrogen (secondary N) is 2. The molecule has 3 aliphatic rings. The number of pyridine rings is 1. The second kappa shape index (κ2) is 6.74. The van der Waals surface area contributed by atoms with Crippen molar-refractivity contribution in [3.63, 3.8) is 0 Å². The molecule has 0 saturated carbocycles. The van der Waals surface area contributed by atoms with Gasteiger partial charge in [-0.05, 0) is 55.3 Å². The van der Waals surface area contributed by atoms with Crippen molar-refractivity contribution < 1.29 is 0 Å². The van der Waals surface area contributed by atoms with Crippen LogP contribution < -0.4 is 15.5 Å². The number of aryl methyl sites for hydroxylation is 1. The summed E-state index contributed by atoms with van der Waals surface area (Å²) in [6.07, 6.45) is 1.21. The number of thioether (sulfide) groups is 1. The Hall–Kier alpha value is -2.23. The van der Waals surface area contributed by atoms with Crippen LogP contribution in [-0.4, -0.2) is 36.4 Å². The maximum atomic E-state index is 9.44. The number of fused-ring (bicyclic) bond motifs is 3. The van der Waals surface area contributed by atoms with E-state index in [1.54, 1.807) is 0 Å². The summed E-state index contributed by atoms with van der Waals surface area (Å²) in [5.74, 6) is 2.80. The summed E-state index contributed by atoms with van der Waals surface area (Å²) in [7, 11) is 0. The summed E-state index contributed by atoms with van der Waals surface area (Å²) in [4.78, 5) is 7.04. The van der Waals surface area contributed by atoms with Gasteiger partial charge in [0.25, 0.3) is 0 Å². The summed E-state index contributed by atoms with van der Waals surface area (Å²) in [6.45, 7) is 5.23. The van der Waals surface area contributed by atoms with Gasteiger partial charge in [-0.3, -0.25) is 0 Å². The Balaban J connectivity index is 1.57. The third-order valence-electron chi connectivity index (χ3n) is 5.90. The first-order valence-corrected chi connectivity index (χ1v) is 10.8. The fraction of sp³-hybridized carbons (Fsp3) is 0.429.